The third-order valence-corrected chi connectivity index (χ3v) is 3.60. The molecule has 0 aliphatic carbocycles. The molecule has 1 amide bonds. The fourth-order valence-corrected chi connectivity index (χ4v) is 2.38. The molecular weight excluding hydrogens is 326 g/mol. The van der Waals surface area contributed by atoms with E-state index in [1.54, 1.807) is 19.1 Å². The average Bonchev–Trinajstić information content (AvgIpc) is 3.08. The number of amides is 1. The quantitative estimate of drug-likeness (QED) is 0.735. The van der Waals surface area contributed by atoms with Crippen molar-refractivity contribution in [2.24, 2.45) is 5.10 Å². The molecule has 0 spiro atoms. The number of nitrogens with zero attached hydrogens (tertiary/aromatic N) is 2. The van der Waals surface area contributed by atoms with Crippen LogP contribution in [0.2, 0.25) is 0 Å². The summed E-state index contributed by atoms with van der Waals surface area (Å²) in [4.78, 5) is 35.6. The Bertz CT molecular complexity index is 660. The molecule has 0 radical (unpaired) electrons. The minimum absolute atomic E-state index is 0.0753. The lowest BCUT2D eigenvalue weighted by Crippen LogP contribution is -2.43. The van der Waals surface area contributed by atoms with Crippen LogP contribution in [0.3, 0.4) is 0 Å². The molecule has 1 heterocycles. The number of esters is 2. The Morgan fingerprint density at radius 1 is 1.28 bits per heavy atom. The van der Waals surface area contributed by atoms with E-state index in [1.165, 1.54) is 12.1 Å². The predicted molar refractivity (Wildman–Crippen MR) is 91.0 cm³/mol. The number of hydrazone groups is 1. The fraction of sp³-hybridized carbons (Fsp3) is 0.412. The molecule has 0 aromatic heterocycles. The van der Waals surface area contributed by atoms with Gasteiger partial charge in [-0.2, -0.15) is 5.10 Å². The number of nitrogens with one attached hydrogen (secondary N) is 1. The molecule has 1 aliphatic heterocycles. The van der Waals surface area contributed by atoms with Crippen molar-refractivity contribution in [3.8, 4) is 0 Å². The normalized spacial score (nSPS) is 16.2. The molecule has 0 saturated heterocycles. The van der Waals surface area contributed by atoms with E-state index in [9.17, 15) is 14.4 Å². The maximum absolute atomic E-state index is 12.5. The molecule has 1 N–H and O–H groups in total. The first-order valence-electron chi connectivity index (χ1n) is 8.00. The van der Waals surface area contributed by atoms with Crippen molar-refractivity contribution >= 4 is 29.2 Å². The number of carbonyl (C=O) groups is 3. The van der Waals surface area contributed by atoms with Gasteiger partial charge in [0.25, 0.3) is 0 Å². The van der Waals surface area contributed by atoms with Gasteiger partial charge in [0.15, 0.2) is 0 Å². The fourth-order valence-electron chi connectivity index (χ4n) is 2.38. The molecular formula is C17H21N3O5. The van der Waals surface area contributed by atoms with E-state index in [0.29, 0.717) is 5.69 Å². The van der Waals surface area contributed by atoms with Crippen LogP contribution in [0.4, 0.5) is 5.69 Å². The van der Waals surface area contributed by atoms with Crippen LogP contribution in [0.15, 0.2) is 35.4 Å². The first-order chi connectivity index (χ1) is 12.1. The molecule has 8 heteroatoms. The lowest BCUT2D eigenvalue weighted by molar-refractivity contribution is -0.140. The van der Waals surface area contributed by atoms with E-state index in [0.717, 1.165) is 0 Å². The Morgan fingerprint density at radius 2 is 2.00 bits per heavy atom. The summed E-state index contributed by atoms with van der Waals surface area (Å²) in [5.41, 5.74) is 0.883. The third-order valence-electron chi connectivity index (χ3n) is 3.60. The maximum Gasteiger partial charge on any atom is 0.354 e. The summed E-state index contributed by atoms with van der Waals surface area (Å²) in [7, 11) is 1.29. The van der Waals surface area contributed by atoms with Gasteiger partial charge in [-0.1, -0.05) is 18.2 Å². The minimum Gasteiger partial charge on any atom is -0.469 e. The minimum atomic E-state index is -0.681. The lowest BCUT2D eigenvalue weighted by Gasteiger charge is -2.22. The van der Waals surface area contributed by atoms with Crippen LogP contribution in [0.25, 0.3) is 0 Å². The molecule has 1 atom stereocenters. The number of hydrogen-bond donors (Lipinski definition) is 1. The highest BCUT2D eigenvalue weighted by Crippen LogP contribution is 2.25. The van der Waals surface area contributed by atoms with Crippen LogP contribution in [0.1, 0.15) is 19.8 Å². The van der Waals surface area contributed by atoms with Crippen molar-refractivity contribution in [2.75, 3.05) is 25.3 Å². The van der Waals surface area contributed by atoms with Gasteiger partial charge in [-0.3, -0.25) is 14.6 Å². The second-order valence-corrected chi connectivity index (χ2v) is 5.28. The number of rotatable bonds is 7. The van der Waals surface area contributed by atoms with Gasteiger partial charge in [-0.05, 0) is 19.1 Å². The van der Waals surface area contributed by atoms with Gasteiger partial charge < -0.3 is 14.8 Å². The zero-order chi connectivity index (χ0) is 18.2. The topological polar surface area (TPSA) is 97.3 Å². The van der Waals surface area contributed by atoms with E-state index in [4.69, 9.17) is 4.74 Å². The molecule has 2 rings (SSSR count). The zero-order valence-corrected chi connectivity index (χ0v) is 14.2. The Labute approximate surface area is 145 Å². The van der Waals surface area contributed by atoms with Crippen LogP contribution >= 0.6 is 0 Å². The summed E-state index contributed by atoms with van der Waals surface area (Å²) in [5, 5.41) is 8.44. The first-order valence-corrected chi connectivity index (χ1v) is 8.00. The van der Waals surface area contributed by atoms with Crippen molar-refractivity contribution in [1.82, 2.24) is 5.32 Å². The summed E-state index contributed by atoms with van der Waals surface area (Å²) in [5.74, 6) is -1.26. The second kappa shape index (κ2) is 8.81. The monoisotopic (exact) mass is 347 g/mol. The Hall–Kier alpha value is -2.90. The molecule has 0 bridgehead atoms. The van der Waals surface area contributed by atoms with E-state index in [-0.39, 0.29) is 37.6 Å². The van der Waals surface area contributed by atoms with Gasteiger partial charge in [0.05, 0.1) is 25.8 Å². The van der Waals surface area contributed by atoms with Gasteiger partial charge in [0.2, 0.25) is 5.91 Å². The molecule has 1 aliphatic rings. The van der Waals surface area contributed by atoms with Crippen LogP contribution in [-0.4, -0.2) is 49.9 Å². The number of para-hydroxylation sites is 1. The summed E-state index contributed by atoms with van der Waals surface area (Å²) in [6.45, 7) is 2.10. The SMILES string of the molecule is CCOC(=O)C1=NN(c2ccccc2)[C@H](C(=O)NCCC(=O)OC)C1. The number of hydrogen-bond acceptors (Lipinski definition) is 7. The molecule has 0 saturated carbocycles. The summed E-state index contributed by atoms with van der Waals surface area (Å²) < 4.78 is 9.51. The number of benzene rings is 1. The average molecular weight is 347 g/mol. The number of ether oxygens (including phenoxy) is 2. The largest absolute Gasteiger partial charge is 0.469 e. The molecule has 134 valence electrons. The number of methoxy groups -OCH3 is 1. The molecule has 0 unspecified atom stereocenters. The summed E-state index contributed by atoms with van der Waals surface area (Å²) in [6, 6.07) is 8.40. The van der Waals surface area contributed by atoms with Crippen molar-refractivity contribution in [3.63, 3.8) is 0 Å². The van der Waals surface area contributed by atoms with Crippen LogP contribution in [0.5, 0.6) is 0 Å². The van der Waals surface area contributed by atoms with Crippen molar-refractivity contribution in [2.45, 2.75) is 25.8 Å². The highest BCUT2D eigenvalue weighted by Gasteiger charge is 2.36. The van der Waals surface area contributed by atoms with E-state index in [1.807, 2.05) is 18.2 Å². The van der Waals surface area contributed by atoms with Crippen LogP contribution in [-0.2, 0) is 23.9 Å². The van der Waals surface area contributed by atoms with Crippen molar-refractivity contribution < 1.29 is 23.9 Å². The second-order valence-electron chi connectivity index (χ2n) is 5.28. The maximum atomic E-state index is 12.5. The van der Waals surface area contributed by atoms with E-state index in [2.05, 4.69) is 15.2 Å². The smallest absolute Gasteiger partial charge is 0.354 e. The zero-order valence-electron chi connectivity index (χ0n) is 14.2. The van der Waals surface area contributed by atoms with Crippen molar-refractivity contribution in [1.29, 1.82) is 0 Å². The van der Waals surface area contributed by atoms with Crippen LogP contribution in [0, 0.1) is 0 Å². The Kier molecular flexibility index (Phi) is 6.50. The Morgan fingerprint density at radius 3 is 2.64 bits per heavy atom. The lowest BCUT2D eigenvalue weighted by atomic mass is 10.1. The first kappa shape index (κ1) is 18.4. The van der Waals surface area contributed by atoms with Crippen LogP contribution < -0.4 is 10.3 Å². The standard InChI is InChI=1S/C17H21N3O5/c1-3-25-17(23)13-11-14(16(22)18-10-9-15(21)24-2)20(19-13)12-7-5-4-6-8-12/h4-8,14H,3,9-11H2,1-2H3,(H,18,22)/t14-/m0/s1. The molecule has 0 fully saturated rings. The van der Waals surface area contributed by atoms with Gasteiger partial charge in [-0.15, -0.1) is 0 Å². The highest BCUT2D eigenvalue weighted by atomic mass is 16.5. The summed E-state index contributed by atoms with van der Waals surface area (Å²) in [6.07, 6.45) is 0.212. The third kappa shape index (κ3) is 4.79. The van der Waals surface area contributed by atoms with Crippen molar-refractivity contribution in [3.05, 3.63) is 30.3 Å². The van der Waals surface area contributed by atoms with Gasteiger partial charge in [0.1, 0.15) is 11.8 Å². The van der Waals surface area contributed by atoms with E-state index >= 15 is 0 Å². The molecule has 8 nitrogen and oxygen atoms in total. The Balaban J connectivity index is 2.11. The van der Waals surface area contributed by atoms with Gasteiger partial charge in [0, 0.05) is 13.0 Å². The molecule has 1 aromatic rings. The number of carbonyl (C=O) groups excluding carboxylic acids is 3. The molecule has 1 aromatic carbocycles. The predicted octanol–water partition coefficient (Wildman–Crippen LogP) is 0.864. The highest BCUT2D eigenvalue weighted by molar-refractivity contribution is 6.38. The van der Waals surface area contributed by atoms with E-state index < -0.39 is 18.0 Å². The number of anilines is 1. The van der Waals surface area contributed by atoms with Gasteiger partial charge >= 0.3 is 11.9 Å². The summed E-state index contributed by atoms with van der Waals surface area (Å²) >= 11 is 0. The molecule has 25 heavy (non-hydrogen) atoms. The van der Waals surface area contributed by atoms with Gasteiger partial charge in [-0.25, -0.2) is 4.79 Å².